The summed E-state index contributed by atoms with van der Waals surface area (Å²) in [6.45, 7) is 0.580. The minimum Gasteiger partial charge on any atom is -0.337 e. The van der Waals surface area contributed by atoms with Crippen LogP contribution in [0.1, 0.15) is 11.6 Å². The van der Waals surface area contributed by atoms with Gasteiger partial charge in [-0.25, -0.2) is 9.98 Å². The van der Waals surface area contributed by atoms with Gasteiger partial charge in [-0.1, -0.05) is 0 Å². The Morgan fingerprint density at radius 1 is 1.24 bits per heavy atom. The monoisotopic (exact) mass is 383 g/mol. The molecule has 3 aromatic rings. The van der Waals surface area contributed by atoms with Gasteiger partial charge in [-0.3, -0.25) is 9.67 Å². The first-order chi connectivity index (χ1) is 14.2. The van der Waals surface area contributed by atoms with Gasteiger partial charge < -0.3 is 14.8 Å². The zero-order valence-electron chi connectivity index (χ0n) is 15.6. The Hall–Kier alpha value is -4.19. The highest BCUT2D eigenvalue weighted by Crippen LogP contribution is 2.30. The summed E-state index contributed by atoms with van der Waals surface area (Å²) < 4.78 is 3.70. The minimum atomic E-state index is -0.00188. The number of benzene rings is 1. The van der Waals surface area contributed by atoms with Crippen LogP contribution in [-0.2, 0) is 7.05 Å². The first kappa shape index (κ1) is 16.9. The van der Waals surface area contributed by atoms with Crippen molar-refractivity contribution in [3.63, 3.8) is 0 Å². The van der Waals surface area contributed by atoms with E-state index in [4.69, 9.17) is 0 Å². The van der Waals surface area contributed by atoms with Crippen LogP contribution in [0.2, 0.25) is 0 Å². The first-order valence-electron chi connectivity index (χ1n) is 9.09. The second kappa shape index (κ2) is 6.76. The Morgan fingerprint density at radius 3 is 2.79 bits per heavy atom. The Balaban J connectivity index is 1.41. The van der Waals surface area contributed by atoms with E-state index in [0.29, 0.717) is 18.1 Å². The summed E-state index contributed by atoms with van der Waals surface area (Å²) in [7, 11) is 1.88. The van der Waals surface area contributed by atoms with Gasteiger partial charge in [0.15, 0.2) is 17.4 Å². The Morgan fingerprint density at radius 2 is 2.10 bits per heavy atom. The van der Waals surface area contributed by atoms with E-state index in [1.54, 1.807) is 23.4 Å². The van der Waals surface area contributed by atoms with E-state index in [0.717, 1.165) is 22.8 Å². The molecule has 0 spiro atoms. The van der Waals surface area contributed by atoms with Gasteiger partial charge in [-0.05, 0) is 24.3 Å². The molecule has 9 heteroatoms. The van der Waals surface area contributed by atoms with Gasteiger partial charge in [0, 0.05) is 48.8 Å². The van der Waals surface area contributed by atoms with Crippen molar-refractivity contribution in [1.82, 2.24) is 24.2 Å². The van der Waals surface area contributed by atoms with Crippen molar-refractivity contribution in [2.75, 3.05) is 11.9 Å². The number of nitrogens with one attached hydrogen (secondary N) is 1. The minimum absolute atomic E-state index is 0.00188. The molecular formula is C20H17N9. The van der Waals surface area contributed by atoms with Crippen molar-refractivity contribution in [3.8, 4) is 11.8 Å². The number of fused-ring (bicyclic) bond motifs is 1. The SMILES string of the molecule is Cn1cc(C2CN=C3C(Nc4ccc(-n5ccnc5)cc4)=NC(C#N)=CN32)cn1. The molecule has 0 bridgehead atoms. The van der Waals surface area contributed by atoms with Crippen LogP contribution in [0.5, 0.6) is 0 Å². The van der Waals surface area contributed by atoms with Crippen molar-refractivity contribution < 1.29 is 0 Å². The van der Waals surface area contributed by atoms with Crippen molar-refractivity contribution in [2.24, 2.45) is 17.0 Å². The van der Waals surface area contributed by atoms with Crippen molar-refractivity contribution >= 4 is 17.4 Å². The third kappa shape index (κ3) is 3.06. The largest absolute Gasteiger partial charge is 0.337 e. The molecule has 2 aromatic heterocycles. The predicted molar refractivity (Wildman–Crippen MR) is 108 cm³/mol. The molecule has 0 amide bonds. The molecule has 142 valence electrons. The molecule has 1 aromatic carbocycles. The zero-order chi connectivity index (χ0) is 19.8. The number of rotatable bonds is 3. The van der Waals surface area contributed by atoms with Gasteiger partial charge >= 0.3 is 0 Å². The molecule has 29 heavy (non-hydrogen) atoms. The summed E-state index contributed by atoms with van der Waals surface area (Å²) in [6.07, 6.45) is 10.9. The number of hydrogen-bond donors (Lipinski definition) is 1. The molecule has 1 N–H and O–H groups in total. The number of aliphatic imine (C=N–C) groups is 2. The Labute approximate surface area is 167 Å². The van der Waals surface area contributed by atoms with Gasteiger partial charge in [0.2, 0.25) is 0 Å². The summed E-state index contributed by atoms with van der Waals surface area (Å²) >= 11 is 0. The standard InChI is InChI=1S/C20H17N9/c1-27-11-14(9-24-27)18-10-23-20-19(26-16(8-21)12-29(18)20)25-15-2-4-17(5-3-15)28-7-6-22-13-28/h2-7,9,11-13,18H,10H2,1H3,(H,25,26). The normalized spacial score (nSPS) is 17.9. The molecule has 0 saturated carbocycles. The maximum Gasteiger partial charge on any atom is 0.175 e. The highest BCUT2D eigenvalue weighted by Gasteiger charge is 2.34. The van der Waals surface area contributed by atoms with Crippen LogP contribution in [0.3, 0.4) is 0 Å². The fraction of sp³-hybridized carbons (Fsp3) is 0.150. The van der Waals surface area contributed by atoms with Gasteiger partial charge in [0.05, 0.1) is 25.1 Å². The van der Waals surface area contributed by atoms with Gasteiger partial charge in [0.1, 0.15) is 6.07 Å². The quantitative estimate of drug-likeness (QED) is 0.748. The molecule has 0 radical (unpaired) electrons. The number of nitrogens with zero attached hydrogens (tertiary/aromatic N) is 8. The molecule has 2 aliphatic heterocycles. The van der Waals surface area contributed by atoms with E-state index in [1.165, 1.54) is 0 Å². The molecule has 0 aliphatic carbocycles. The molecule has 5 rings (SSSR count). The number of imidazole rings is 1. The van der Waals surface area contributed by atoms with Gasteiger partial charge in [-0.2, -0.15) is 10.4 Å². The Kier molecular flexibility index (Phi) is 3.95. The van der Waals surface area contributed by atoms with Crippen LogP contribution in [0.25, 0.3) is 5.69 Å². The van der Waals surface area contributed by atoms with Crippen molar-refractivity contribution in [1.29, 1.82) is 5.26 Å². The average Bonchev–Trinajstić information content (AvgIpc) is 3.49. The lowest BCUT2D eigenvalue weighted by atomic mass is 10.1. The first-order valence-corrected chi connectivity index (χ1v) is 9.09. The van der Waals surface area contributed by atoms with E-state index < -0.39 is 0 Å². The topological polar surface area (TPSA) is 99.4 Å². The molecule has 1 unspecified atom stereocenters. The number of allylic oxidation sites excluding steroid dienone is 1. The molecule has 9 nitrogen and oxygen atoms in total. The third-order valence-electron chi connectivity index (χ3n) is 4.86. The smallest absolute Gasteiger partial charge is 0.175 e. The maximum atomic E-state index is 9.45. The van der Waals surface area contributed by atoms with Crippen LogP contribution in [0.15, 0.2) is 77.3 Å². The van der Waals surface area contributed by atoms with E-state index in [1.807, 2.05) is 59.4 Å². The summed E-state index contributed by atoms with van der Waals surface area (Å²) in [4.78, 5) is 15.2. The highest BCUT2D eigenvalue weighted by atomic mass is 15.3. The van der Waals surface area contributed by atoms with Crippen LogP contribution < -0.4 is 5.32 Å². The number of amidine groups is 2. The van der Waals surface area contributed by atoms with Gasteiger partial charge in [0.25, 0.3) is 0 Å². The highest BCUT2D eigenvalue weighted by molar-refractivity contribution is 6.46. The maximum absolute atomic E-state index is 9.45. The fourth-order valence-electron chi connectivity index (χ4n) is 3.45. The zero-order valence-corrected chi connectivity index (χ0v) is 15.6. The predicted octanol–water partition coefficient (Wildman–Crippen LogP) is 2.25. The second-order valence-electron chi connectivity index (χ2n) is 6.76. The van der Waals surface area contributed by atoms with E-state index in [-0.39, 0.29) is 6.04 Å². The molecule has 0 fully saturated rings. The number of aromatic nitrogens is 4. The Bertz CT molecular complexity index is 1170. The molecular weight excluding hydrogens is 366 g/mol. The van der Waals surface area contributed by atoms with Crippen LogP contribution >= 0.6 is 0 Å². The van der Waals surface area contributed by atoms with Crippen LogP contribution in [0.4, 0.5) is 5.69 Å². The second-order valence-corrected chi connectivity index (χ2v) is 6.76. The van der Waals surface area contributed by atoms with Crippen molar-refractivity contribution in [3.05, 3.63) is 72.8 Å². The number of hydrogen-bond acceptors (Lipinski definition) is 7. The summed E-state index contributed by atoms with van der Waals surface area (Å²) in [5, 5.41) is 17.0. The molecule has 2 aliphatic rings. The lowest BCUT2D eigenvalue weighted by molar-refractivity contribution is 0.456. The van der Waals surface area contributed by atoms with Crippen LogP contribution in [0, 0.1) is 11.3 Å². The van der Waals surface area contributed by atoms with E-state index in [9.17, 15) is 5.26 Å². The number of aryl methyl sites for hydroxylation is 1. The average molecular weight is 383 g/mol. The van der Waals surface area contributed by atoms with Crippen molar-refractivity contribution in [2.45, 2.75) is 6.04 Å². The lowest BCUT2D eigenvalue weighted by Crippen LogP contribution is -2.38. The van der Waals surface area contributed by atoms with Crippen LogP contribution in [-0.4, -0.2) is 42.4 Å². The molecule has 1 atom stereocenters. The number of anilines is 1. The van der Waals surface area contributed by atoms with Gasteiger partial charge in [-0.15, -0.1) is 0 Å². The summed E-state index contributed by atoms with van der Waals surface area (Å²) in [5.74, 6) is 1.28. The third-order valence-corrected chi connectivity index (χ3v) is 4.86. The molecule has 0 saturated heterocycles. The van der Waals surface area contributed by atoms with E-state index in [2.05, 4.69) is 31.5 Å². The van der Waals surface area contributed by atoms with E-state index >= 15 is 0 Å². The summed E-state index contributed by atoms with van der Waals surface area (Å²) in [6, 6.07) is 10.0. The number of nitriles is 1. The summed E-state index contributed by atoms with van der Waals surface area (Å²) in [5.41, 5.74) is 3.25. The molecule has 4 heterocycles. The fourth-order valence-corrected chi connectivity index (χ4v) is 3.45. The lowest BCUT2D eigenvalue weighted by Gasteiger charge is -2.27.